The highest BCUT2D eigenvalue weighted by atomic mass is 79.9. The predicted octanol–water partition coefficient (Wildman–Crippen LogP) is 4.99. The zero-order valence-electron chi connectivity index (χ0n) is 15.7. The highest BCUT2D eigenvalue weighted by molar-refractivity contribution is 9.11. The van der Waals surface area contributed by atoms with E-state index in [0.717, 1.165) is 42.3 Å². The minimum atomic E-state index is -0.785. The zero-order valence-corrected chi connectivity index (χ0v) is 18.1. The normalized spacial score (nSPS) is 23.7. The van der Waals surface area contributed by atoms with E-state index in [9.17, 15) is 9.59 Å². The van der Waals surface area contributed by atoms with E-state index in [4.69, 9.17) is 9.47 Å². The Balaban J connectivity index is 1.90. The molecule has 3 rings (SSSR count). The highest BCUT2D eigenvalue weighted by Gasteiger charge is 2.36. The van der Waals surface area contributed by atoms with Gasteiger partial charge in [0.2, 0.25) is 5.91 Å². The van der Waals surface area contributed by atoms with Gasteiger partial charge in [0.25, 0.3) is 0 Å². The van der Waals surface area contributed by atoms with E-state index in [0.29, 0.717) is 29.9 Å². The lowest BCUT2D eigenvalue weighted by atomic mass is 9.82. The molecule has 2 heterocycles. The average molecular weight is 460 g/mol. The summed E-state index contributed by atoms with van der Waals surface area (Å²) in [5, 5.41) is 0.669. The topological polar surface area (TPSA) is 65.1 Å². The van der Waals surface area contributed by atoms with Gasteiger partial charge < -0.3 is 14.2 Å². The standard InChI is InChI=1S/C19H26BrNO5S/c1-12-3-5-13(6-4-12)17(22)21(14-7-9-25-10-8-14)18-15(11-16(20)27-18)26-19(23)24-2/h11-14H,3-10H2,1-2H3/t12-,13-. The van der Waals surface area contributed by atoms with Gasteiger partial charge in [0.1, 0.15) is 5.00 Å². The van der Waals surface area contributed by atoms with Crippen LogP contribution in [0.25, 0.3) is 0 Å². The zero-order chi connectivity index (χ0) is 19.4. The summed E-state index contributed by atoms with van der Waals surface area (Å²) < 4.78 is 16.3. The van der Waals surface area contributed by atoms with Crippen molar-refractivity contribution in [3.8, 4) is 5.75 Å². The number of amides is 1. The van der Waals surface area contributed by atoms with Crippen molar-refractivity contribution in [2.75, 3.05) is 25.2 Å². The van der Waals surface area contributed by atoms with E-state index >= 15 is 0 Å². The maximum atomic E-state index is 13.5. The van der Waals surface area contributed by atoms with Crippen LogP contribution in [0.2, 0.25) is 0 Å². The first kappa shape index (κ1) is 20.6. The molecule has 0 unspecified atom stereocenters. The molecule has 0 atom stereocenters. The smallest absolute Gasteiger partial charge is 0.437 e. The summed E-state index contributed by atoms with van der Waals surface area (Å²) in [4.78, 5) is 27.1. The lowest BCUT2D eigenvalue weighted by Gasteiger charge is -2.37. The summed E-state index contributed by atoms with van der Waals surface area (Å²) in [6, 6.07) is 1.77. The van der Waals surface area contributed by atoms with E-state index in [1.54, 1.807) is 6.07 Å². The number of nitrogens with zero attached hydrogens (tertiary/aromatic N) is 1. The Kier molecular flexibility index (Phi) is 7.16. The molecule has 1 saturated carbocycles. The van der Waals surface area contributed by atoms with Crippen LogP contribution in [0, 0.1) is 11.8 Å². The number of hydrogen-bond donors (Lipinski definition) is 0. The molecule has 0 aromatic carbocycles. The first-order chi connectivity index (χ1) is 13.0. The molecule has 1 aliphatic carbocycles. The van der Waals surface area contributed by atoms with E-state index in [1.165, 1.54) is 18.4 Å². The SMILES string of the molecule is COC(=O)Oc1cc(Br)sc1N(C(=O)[C@H]1CC[C@H](C)CC1)C1CCOCC1. The van der Waals surface area contributed by atoms with Gasteiger partial charge in [-0.05, 0) is 60.4 Å². The molecule has 150 valence electrons. The van der Waals surface area contributed by atoms with E-state index < -0.39 is 6.16 Å². The summed E-state index contributed by atoms with van der Waals surface area (Å²) in [5.41, 5.74) is 0. The van der Waals surface area contributed by atoms with Gasteiger partial charge in [0, 0.05) is 31.2 Å². The third kappa shape index (κ3) is 5.03. The van der Waals surface area contributed by atoms with Gasteiger partial charge in [-0.25, -0.2) is 4.79 Å². The molecule has 1 amide bonds. The Morgan fingerprint density at radius 3 is 2.48 bits per heavy atom. The fraction of sp³-hybridized carbons (Fsp3) is 0.684. The number of carbonyl (C=O) groups excluding carboxylic acids is 2. The monoisotopic (exact) mass is 459 g/mol. The van der Waals surface area contributed by atoms with Crippen molar-refractivity contribution < 1.29 is 23.8 Å². The van der Waals surface area contributed by atoms with Crippen LogP contribution < -0.4 is 9.64 Å². The van der Waals surface area contributed by atoms with Crippen molar-refractivity contribution in [3.05, 3.63) is 9.85 Å². The van der Waals surface area contributed by atoms with Crippen LogP contribution in [-0.4, -0.2) is 38.4 Å². The molecule has 2 fully saturated rings. The number of ether oxygens (including phenoxy) is 3. The lowest BCUT2D eigenvalue weighted by molar-refractivity contribution is -0.124. The molecule has 1 aliphatic heterocycles. The van der Waals surface area contributed by atoms with Crippen molar-refractivity contribution in [2.45, 2.75) is 51.5 Å². The van der Waals surface area contributed by atoms with Crippen LogP contribution >= 0.6 is 27.3 Å². The third-order valence-electron chi connectivity index (χ3n) is 5.39. The fourth-order valence-electron chi connectivity index (χ4n) is 3.80. The Bertz CT molecular complexity index is 665. The Hall–Kier alpha value is -1.12. The molecule has 8 heteroatoms. The molecule has 0 spiro atoms. The number of thiophene rings is 1. The molecule has 0 radical (unpaired) electrons. The first-order valence-electron chi connectivity index (χ1n) is 9.45. The van der Waals surface area contributed by atoms with Gasteiger partial charge >= 0.3 is 6.16 Å². The average Bonchev–Trinajstić information content (AvgIpc) is 3.03. The second-order valence-corrected chi connectivity index (χ2v) is 9.69. The van der Waals surface area contributed by atoms with Gasteiger partial charge in [-0.3, -0.25) is 9.69 Å². The van der Waals surface area contributed by atoms with Gasteiger partial charge in [0.15, 0.2) is 5.75 Å². The number of anilines is 1. The summed E-state index contributed by atoms with van der Waals surface area (Å²) in [6.07, 6.45) is 4.77. The van der Waals surface area contributed by atoms with Crippen LogP contribution in [0.15, 0.2) is 9.85 Å². The van der Waals surface area contributed by atoms with Crippen LogP contribution in [0.1, 0.15) is 45.4 Å². The van der Waals surface area contributed by atoms with Crippen molar-refractivity contribution in [3.63, 3.8) is 0 Å². The quantitative estimate of drug-likeness (QED) is 0.592. The summed E-state index contributed by atoms with van der Waals surface area (Å²) in [5.74, 6) is 1.20. The van der Waals surface area contributed by atoms with Crippen LogP contribution in [-0.2, 0) is 14.3 Å². The number of methoxy groups -OCH3 is 1. The molecule has 2 aliphatic rings. The van der Waals surface area contributed by atoms with Crippen LogP contribution in [0.3, 0.4) is 0 Å². The summed E-state index contributed by atoms with van der Waals surface area (Å²) in [7, 11) is 1.27. The van der Waals surface area contributed by atoms with Gasteiger partial charge in [-0.15, -0.1) is 11.3 Å². The largest absolute Gasteiger partial charge is 0.513 e. The molecule has 27 heavy (non-hydrogen) atoms. The first-order valence-corrected chi connectivity index (χ1v) is 11.1. The molecule has 6 nitrogen and oxygen atoms in total. The number of hydrogen-bond acceptors (Lipinski definition) is 6. The van der Waals surface area contributed by atoms with Gasteiger partial charge in [-0.2, -0.15) is 0 Å². The lowest BCUT2D eigenvalue weighted by Crippen LogP contribution is -2.46. The number of rotatable bonds is 4. The van der Waals surface area contributed by atoms with Crippen molar-refractivity contribution in [1.82, 2.24) is 0 Å². The van der Waals surface area contributed by atoms with E-state index in [-0.39, 0.29) is 17.9 Å². The van der Waals surface area contributed by atoms with Gasteiger partial charge in [-0.1, -0.05) is 6.92 Å². The maximum absolute atomic E-state index is 13.5. The van der Waals surface area contributed by atoms with Crippen LogP contribution in [0.4, 0.5) is 9.80 Å². The van der Waals surface area contributed by atoms with Gasteiger partial charge in [0.05, 0.1) is 10.9 Å². The predicted molar refractivity (Wildman–Crippen MR) is 108 cm³/mol. The Morgan fingerprint density at radius 2 is 1.85 bits per heavy atom. The minimum Gasteiger partial charge on any atom is -0.437 e. The Morgan fingerprint density at radius 1 is 1.19 bits per heavy atom. The molecular weight excluding hydrogens is 434 g/mol. The van der Waals surface area contributed by atoms with E-state index in [2.05, 4.69) is 27.6 Å². The van der Waals surface area contributed by atoms with Crippen molar-refractivity contribution in [1.29, 1.82) is 0 Å². The number of carbonyl (C=O) groups is 2. The summed E-state index contributed by atoms with van der Waals surface area (Å²) in [6.45, 7) is 3.52. The highest BCUT2D eigenvalue weighted by Crippen LogP contribution is 2.44. The summed E-state index contributed by atoms with van der Waals surface area (Å²) >= 11 is 4.87. The fourth-order valence-corrected chi connectivity index (χ4v) is 5.36. The molecule has 1 saturated heterocycles. The molecule has 0 N–H and O–H groups in total. The van der Waals surface area contributed by atoms with Crippen molar-refractivity contribution >= 4 is 44.3 Å². The second kappa shape index (κ2) is 9.39. The van der Waals surface area contributed by atoms with E-state index in [1.807, 2.05) is 4.90 Å². The Labute approximate surface area is 172 Å². The molecule has 0 bridgehead atoms. The molecule has 1 aromatic rings. The van der Waals surface area contributed by atoms with Crippen LogP contribution in [0.5, 0.6) is 5.75 Å². The molecular formula is C19H26BrNO5S. The second-order valence-electron chi connectivity index (χ2n) is 7.28. The number of halogens is 1. The molecule has 1 aromatic heterocycles. The maximum Gasteiger partial charge on any atom is 0.513 e. The van der Waals surface area contributed by atoms with Crippen molar-refractivity contribution in [2.24, 2.45) is 11.8 Å². The third-order valence-corrected chi connectivity index (χ3v) is 7.01. The minimum absolute atomic E-state index is 0.0240.